The molecule has 3 rings (SSSR count). The number of hydrogen-bond donors (Lipinski definition) is 1. The van der Waals surface area contributed by atoms with E-state index in [2.05, 4.69) is 10.1 Å². The van der Waals surface area contributed by atoms with Crippen molar-refractivity contribution in [3.05, 3.63) is 53.5 Å². The first kappa shape index (κ1) is 14.5. The molecular formula is C17H19N3O2. The van der Waals surface area contributed by atoms with Gasteiger partial charge in [0.25, 0.3) is 0 Å². The molecule has 0 aliphatic rings. The Kier molecular flexibility index (Phi) is 3.81. The monoisotopic (exact) mass is 297 g/mol. The largest absolute Gasteiger partial charge is 0.361 e. The summed E-state index contributed by atoms with van der Waals surface area (Å²) >= 11 is 0. The molecule has 1 N–H and O–H groups in total. The van der Waals surface area contributed by atoms with Crippen LogP contribution in [0.5, 0.6) is 0 Å². The molecule has 0 aliphatic carbocycles. The van der Waals surface area contributed by atoms with E-state index in [0.29, 0.717) is 6.54 Å². The van der Waals surface area contributed by atoms with Gasteiger partial charge in [0.2, 0.25) is 0 Å². The topological polar surface area (TPSA) is 62.1 Å². The lowest BCUT2D eigenvalue weighted by Crippen LogP contribution is -2.35. The number of rotatable bonds is 5. The molecular weight excluding hydrogens is 278 g/mol. The number of para-hydroxylation sites is 1. The Hall–Kier alpha value is -2.40. The van der Waals surface area contributed by atoms with Crippen LogP contribution >= 0.6 is 0 Å². The number of hydrogen-bond acceptors (Lipinski definition) is 4. The van der Waals surface area contributed by atoms with Gasteiger partial charge in [-0.05, 0) is 27.0 Å². The molecule has 114 valence electrons. The van der Waals surface area contributed by atoms with Gasteiger partial charge in [0, 0.05) is 35.3 Å². The molecule has 1 unspecified atom stereocenters. The molecule has 0 bridgehead atoms. The number of carbonyl (C=O) groups is 1. The number of ketones is 1. The Morgan fingerprint density at radius 2 is 2.18 bits per heavy atom. The Labute approximate surface area is 128 Å². The maximum atomic E-state index is 12.8. The molecule has 0 saturated heterocycles. The standard InChI is InChI=1S/C17H19N3O2/c1-11-8-13(19-22-11)10-20(3)12(2)17(21)15-9-18-16-7-5-4-6-14(15)16/h4-9,12,18H,10H2,1-3H3. The highest BCUT2D eigenvalue weighted by atomic mass is 16.5. The van der Waals surface area contributed by atoms with Gasteiger partial charge in [-0.1, -0.05) is 23.4 Å². The maximum Gasteiger partial charge on any atom is 0.181 e. The molecule has 0 spiro atoms. The molecule has 1 atom stereocenters. The highest BCUT2D eigenvalue weighted by Crippen LogP contribution is 2.20. The van der Waals surface area contributed by atoms with Crippen LogP contribution in [-0.2, 0) is 6.54 Å². The zero-order chi connectivity index (χ0) is 15.7. The first-order valence-corrected chi connectivity index (χ1v) is 7.29. The van der Waals surface area contributed by atoms with Crippen LogP contribution in [0.1, 0.15) is 28.7 Å². The number of aryl methyl sites for hydroxylation is 1. The molecule has 0 aliphatic heterocycles. The number of nitrogens with one attached hydrogen (secondary N) is 1. The molecule has 2 heterocycles. The van der Waals surface area contributed by atoms with Gasteiger partial charge in [-0.15, -0.1) is 0 Å². The Morgan fingerprint density at radius 3 is 2.91 bits per heavy atom. The average Bonchev–Trinajstić information content (AvgIpc) is 3.12. The third kappa shape index (κ3) is 2.67. The van der Waals surface area contributed by atoms with E-state index in [-0.39, 0.29) is 11.8 Å². The van der Waals surface area contributed by atoms with Crippen molar-refractivity contribution in [2.45, 2.75) is 26.4 Å². The molecule has 0 radical (unpaired) electrons. The lowest BCUT2D eigenvalue weighted by molar-refractivity contribution is 0.0861. The molecule has 0 amide bonds. The first-order valence-electron chi connectivity index (χ1n) is 7.29. The van der Waals surface area contributed by atoms with Gasteiger partial charge in [-0.2, -0.15) is 0 Å². The fraction of sp³-hybridized carbons (Fsp3) is 0.294. The van der Waals surface area contributed by atoms with Crippen LogP contribution in [0.25, 0.3) is 10.9 Å². The molecule has 0 fully saturated rings. The van der Waals surface area contributed by atoms with Crippen LogP contribution in [0, 0.1) is 6.92 Å². The number of aromatic amines is 1. The summed E-state index contributed by atoms with van der Waals surface area (Å²) < 4.78 is 5.07. The second kappa shape index (κ2) is 5.77. The molecule has 5 heteroatoms. The molecule has 2 aromatic heterocycles. The number of H-pyrrole nitrogens is 1. The predicted molar refractivity (Wildman–Crippen MR) is 84.8 cm³/mol. The van der Waals surface area contributed by atoms with E-state index in [4.69, 9.17) is 4.52 Å². The SMILES string of the molecule is Cc1cc(CN(C)C(C)C(=O)c2c[nH]c3ccccc23)no1. The lowest BCUT2D eigenvalue weighted by atomic mass is 10.0. The van der Waals surface area contributed by atoms with Crippen molar-refractivity contribution >= 4 is 16.7 Å². The average molecular weight is 297 g/mol. The summed E-state index contributed by atoms with van der Waals surface area (Å²) in [5.41, 5.74) is 2.54. The van der Waals surface area contributed by atoms with E-state index in [0.717, 1.165) is 27.9 Å². The fourth-order valence-electron chi connectivity index (χ4n) is 2.59. The molecule has 0 saturated carbocycles. The second-order valence-electron chi connectivity index (χ2n) is 5.63. The minimum atomic E-state index is -0.240. The van der Waals surface area contributed by atoms with Gasteiger partial charge in [0.1, 0.15) is 5.76 Å². The third-order valence-electron chi connectivity index (χ3n) is 3.98. The van der Waals surface area contributed by atoms with Crippen molar-refractivity contribution in [3.8, 4) is 0 Å². The Balaban J connectivity index is 1.79. The summed E-state index contributed by atoms with van der Waals surface area (Å²) in [6.07, 6.45) is 1.79. The van der Waals surface area contributed by atoms with Crippen molar-refractivity contribution in [1.29, 1.82) is 0 Å². The van der Waals surface area contributed by atoms with E-state index in [1.807, 2.05) is 56.1 Å². The van der Waals surface area contributed by atoms with E-state index in [9.17, 15) is 4.79 Å². The van der Waals surface area contributed by atoms with Gasteiger partial charge in [-0.25, -0.2) is 0 Å². The van der Waals surface area contributed by atoms with Crippen molar-refractivity contribution in [2.24, 2.45) is 0 Å². The van der Waals surface area contributed by atoms with Gasteiger partial charge in [0.15, 0.2) is 5.78 Å². The summed E-state index contributed by atoms with van der Waals surface area (Å²) in [6, 6.07) is 9.48. The second-order valence-corrected chi connectivity index (χ2v) is 5.63. The van der Waals surface area contributed by atoms with E-state index >= 15 is 0 Å². The van der Waals surface area contributed by atoms with Crippen LogP contribution in [0.2, 0.25) is 0 Å². The number of benzene rings is 1. The summed E-state index contributed by atoms with van der Waals surface area (Å²) in [5.74, 6) is 0.874. The van der Waals surface area contributed by atoms with E-state index in [1.54, 1.807) is 6.20 Å². The number of Topliss-reactive ketones (excluding diaryl/α,β-unsaturated/α-hetero) is 1. The Morgan fingerprint density at radius 1 is 1.41 bits per heavy atom. The van der Waals surface area contributed by atoms with Crippen LogP contribution in [0.4, 0.5) is 0 Å². The van der Waals surface area contributed by atoms with Crippen molar-refractivity contribution in [1.82, 2.24) is 15.0 Å². The summed E-state index contributed by atoms with van der Waals surface area (Å²) in [5, 5.41) is 4.94. The quantitative estimate of drug-likeness (QED) is 0.735. The van der Waals surface area contributed by atoms with Gasteiger partial charge < -0.3 is 9.51 Å². The normalized spacial score (nSPS) is 12.9. The number of likely N-dealkylation sites (N-methyl/N-ethyl adjacent to an activating group) is 1. The van der Waals surface area contributed by atoms with Gasteiger partial charge in [-0.3, -0.25) is 9.69 Å². The number of fused-ring (bicyclic) bond motifs is 1. The molecule has 1 aromatic carbocycles. The predicted octanol–water partition coefficient (Wildman–Crippen LogP) is 3.17. The zero-order valence-corrected chi connectivity index (χ0v) is 13.0. The van der Waals surface area contributed by atoms with E-state index in [1.165, 1.54) is 0 Å². The van der Waals surface area contributed by atoms with E-state index < -0.39 is 0 Å². The number of aromatic nitrogens is 2. The maximum absolute atomic E-state index is 12.8. The summed E-state index contributed by atoms with van der Waals surface area (Å²) in [7, 11) is 1.92. The van der Waals surface area contributed by atoms with Gasteiger partial charge >= 0.3 is 0 Å². The highest BCUT2D eigenvalue weighted by Gasteiger charge is 2.22. The first-order chi connectivity index (χ1) is 10.6. The summed E-state index contributed by atoms with van der Waals surface area (Å²) in [6.45, 7) is 4.35. The minimum Gasteiger partial charge on any atom is -0.361 e. The highest BCUT2D eigenvalue weighted by molar-refractivity contribution is 6.10. The third-order valence-corrected chi connectivity index (χ3v) is 3.98. The number of carbonyl (C=O) groups excluding carboxylic acids is 1. The molecule has 5 nitrogen and oxygen atoms in total. The zero-order valence-electron chi connectivity index (χ0n) is 13.0. The Bertz CT molecular complexity index is 803. The summed E-state index contributed by atoms with van der Waals surface area (Å²) in [4.78, 5) is 17.9. The minimum absolute atomic E-state index is 0.0974. The van der Waals surface area contributed by atoms with Crippen molar-refractivity contribution in [3.63, 3.8) is 0 Å². The number of nitrogens with zero attached hydrogens (tertiary/aromatic N) is 2. The van der Waals surface area contributed by atoms with Crippen LogP contribution in [0.15, 0.2) is 41.1 Å². The molecule has 3 aromatic rings. The van der Waals surface area contributed by atoms with Crippen LogP contribution in [0.3, 0.4) is 0 Å². The van der Waals surface area contributed by atoms with Crippen molar-refractivity contribution in [2.75, 3.05) is 7.05 Å². The lowest BCUT2D eigenvalue weighted by Gasteiger charge is -2.22. The fourth-order valence-corrected chi connectivity index (χ4v) is 2.59. The van der Waals surface area contributed by atoms with Gasteiger partial charge in [0.05, 0.1) is 11.7 Å². The van der Waals surface area contributed by atoms with Crippen LogP contribution in [-0.4, -0.2) is 33.9 Å². The van der Waals surface area contributed by atoms with Crippen molar-refractivity contribution < 1.29 is 9.32 Å². The smallest absolute Gasteiger partial charge is 0.181 e. The van der Waals surface area contributed by atoms with Crippen LogP contribution < -0.4 is 0 Å². The molecule has 22 heavy (non-hydrogen) atoms.